The minimum atomic E-state index is -4.52. The molecular weight excluding hydrogens is 379 g/mol. The van der Waals surface area contributed by atoms with E-state index in [-0.39, 0.29) is 16.5 Å². The molecule has 1 heterocycles. The number of aromatic nitrogens is 3. The number of nitrogens with two attached hydrogens (primary N) is 1. The molecule has 1 saturated carbocycles. The number of benzene rings is 1. The van der Waals surface area contributed by atoms with E-state index in [1.54, 1.807) is 0 Å². The number of nitrogens with one attached hydrogen (secondary N) is 1. The van der Waals surface area contributed by atoms with Crippen molar-refractivity contribution in [3.63, 3.8) is 0 Å². The first-order valence-corrected chi connectivity index (χ1v) is 8.62. The Kier molecular flexibility index (Phi) is 4.83. The highest BCUT2D eigenvalue weighted by atomic mass is 35.5. The normalized spacial score (nSPS) is 14.6. The van der Waals surface area contributed by atoms with Crippen LogP contribution in [0.1, 0.15) is 30.1 Å². The maximum atomic E-state index is 12.7. The van der Waals surface area contributed by atoms with Gasteiger partial charge in [-0.05, 0) is 31.0 Å². The molecule has 1 aromatic heterocycles. The van der Waals surface area contributed by atoms with Crippen LogP contribution < -0.4 is 11.2 Å². The average Bonchev–Trinajstić information content (AvgIpc) is 3.30. The fourth-order valence-electron chi connectivity index (χ4n) is 2.12. The van der Waals surface area contributed by atoms with E-state index in [9.17, 15) is 18.0 Å². The Morgan fingerprint density at radius 1 is 1.40 bits per heavy atom. The Labute approximate surface area is 149 Å². The fourth-order valence-corrected chi connectivity index (χ4v) is 2.95. The first-order chi connectivity index (χ1) is 11.8. The molecule has 0 aliphatic heterocycles. The maximum Gasteiger partial charge on any atom is 0.416 e. The van der Waals surface area contributed by atoms with Gasteiger partial charge in [0.15, 0.2) is 5.82 Å². The molecule has 1 aromatic carbocycles. The number of carbonyl (C=O) groups excluding carboxylic acids is 1. The maximum absolute atomic E-state index is 12.7. The predicted molar refractivity (Wildman–Crippen MR) is 88.0 cm³/mol. The van der Waals surface area contributed by atoms with Gasteiger partial charge in [-0.1, -0.05) is 23.4 Å². The van der Waals surface area contributed by atoms with E-state index in [1.807, 2.05) is 0 Å². The number of rotatable bonds is 5. The Bertz CT molecular complexity index is 806. The summed E-state index contributed by atoms with van der Waals surface area (Å²) in [6, 6.07) is 2.73. The van der Waals surface area contributed by atoms with Crippen LogP contribution >= 0.6 is 23.4 Å². The summed E-state index contributed by atoms with van der Waals surface area (Å²) in [7, 11) is 0. The zero-order valence-electron chi connectivity index (χ0n) is 12.7. The van der Waals surface area contributed by atoms with Crippen molar-refractivity contribution in [1.29, 1.82) is 0 Å². The van der Waals surface area contributed by atoms with Crippen LogP contribution in [0, 0.1) is 0 Å². The number of nitrogens with zero attached hydrogens (tertiary/aromatic N) is 3. The second-order valence-corrected chi connectivity index (χ2v) is 6.86. The van der Waals surface area contributed by atoms with Gasteiger partial charge in [-0.25, -0.2) is 4.68 Å². The lowest BCUT2D eigenvalue weighted by molar-refractivity contribution is -0.137. The van der Waals surface area contributed by atoms with Gasteiger partial charge in [0.05, 0.1) is 22.0 Å². The van der Waals surface area contributed by atoms with Gasteiger partial charge < -0.3 is 11.2 Å². The van der Waals surface area contributed by atoms with E-state index in [2.05, 4.69) is 15.5 Å². The van der Waals surface area contributed by atoms with Crippen LogP contribution in [-0.2, 0) is 11.0 Å². The summed E-state index contributed by atoms with van der Waals surface area (Å²) in [5.74, 6) is 6.23. The minimum absolute atomic E-state index is 0.0179. The molecule has 0 atom stereocenters. The van der Waals surface area contributed by atoms with E-state index in [0.29, 0.717) is 16.9 Å². The molecule has 0 unspecified atom stereocenters. The third kappa shape index (κ3) is 4.18. The number of anilines is 1. The lowest BCUT2D eigenvalue weighted by Crippen LogP contribution is -2.17. The molecule has 2 aromatic rings. The summed E-state index contributed by atoms with van der Waals surface area (Å²) in [5.41, 5.74) is -0.995. The lowest BCUT2D eigenvalue weighted by atomic mass is 10.2. The molecule has 3 rings (SSSR count). The van der Waals surface area contributed by atoms with Crippen molar-refractivity contribution in [2.24, 2.45) is 0 Å². The summed E-state index contributed by atoms with van der Waals surface area (Å²) >= 11 is 6.89. The topological polar surface area (TPSA) is 85.8 Å². The van der Waals surface area contributed by atoms with E-state index >= 15 is 0 Å². The summed E-state index contributed by atoms with van der Waals surface area (Å²) in [6.45, 7) is 0. The van der Waals surface area contributed by atoms with Crippen LogP contribution in [0.25, 0.3) is 0 Å². The van der Waals surface area contributed by atoms with Crippen molar-refractivity contribution in [3.8, 4) is 0 Å². The highest BCUT2D eigenvalue weighted by molar-refractivity contribution is 7.99. The molecule has 0 saturated heterocycles. The number of hydrogen-bond donors (Lipinski definition) is 2. The van der Waals surface area contributed by atoms with Gasteiger partial charge in [0.2, 0.25) is 11.1 Å². The summed E-state index contributed by atoms with van der Waals surface area (Å²) in [4.78, 5) is 12.0. The number of amides is 1. The zero-order chi connectivity index (χ0) is 18.2. The van der Waals surface area contributed by atoms with Gasteiger partial charge in [-0.2, -0.15) is 13.2 Å². The van der Waals surface area contributed by atoms with Crippen LogP contribution in [0.2, 0.25) is 5.02 Å². The Hall–Kier alpha value is -1.94. The predicted octanol–water partition coefficient (Wildman–Crippen LogP) is 3.27. The first-order valence-electron chi connectivity index (χ1n) is 7.25. The van der Waals surface area contributed by atoms with Crippen LogP contribution in [-0.4, -0.2) is 26.5 Å². The summed E-state index contributed by atoms with van der Waals surface area (Å²) in [6.07, 6.45) is -2.50. The number of nitrogen functional groups attached to an aromatic ring is 1. The Morgan fingerprint density at radius 3 is 2.76 bits per heavy atom. The van der Waals surface area contributed by atoms with Gasteiger partial charge in [0, 0.05) is 5.92 Å². The largest absolute Gasteiger partial charge is 0.416 e. The molecule has 1 amide bonds. The second kappa shape index (κ2) is 6.75. The fraction of sp³-hybridized carbons (Fsp3) is 0.357. The molecule has 25 heavy (non-hydrogen) atoms. The highest BCUT2D eigenvalue weighted by Gasteiger charge is 2.31. The Morgan fingerprint density at radius 2 is 2.12 bits per heavy atom. The molecule has 11 heteroatoms. The van der Waals surface area contributed by atoms with Crippen molar-refractivity contribution in [2.75, 3.05) is 16.9 Å². The average molecular weight is 392 g/mol. The van der Waals surface area contributed by atoms with Gasteiger partial charge in [0.1, 0.15) is 0 Å². The molecule has 1 aliphatic carbocycles. The second-order valence-electron chi connectivity index (χ2n) is 5.51. The third-order valence-electron chi connectivity index (χ3n) is 3.53. The van der Waals surface area contributed by atoms with Crippen LogP contribution in [0.3, 0.4) is 0 Å². The number of hydrogen-bond acceptors (Lipinski definition) is 5. The van der Waals surface area contributed by atoms with E-state index in [4.69, 9.17) is 17.4 Å². The first kappa shape index (κ1) is 17.9. The Balaban J connectivity index is 1.63. The van der Waals surface area contributed by atoms with Crippen molar-refractivity contribution >= 4 is 35.0 Å². The summed E-state index contributed by atoms with van der Waals surface area (Å²) in [5, 5.41) is 10.6. The highest BCUT2D eigenvalue weighted by Crippen LogP contribution is 2.39. The number of alkyl halides is 3. The quantitative estimate of drug-likeness (QED) is 0.603. The van der Waals surface area contributed by atoms with Crippen molar-refractivity contribution in [2.45, 2.75) is 30.1 Å². The molecule has 0 bridgehead atoms. The SMILES string of the molecule is Nn1c(SCC(=O)Nc2cc(C(F)(F)F)ccc2Cl)nnc1C1CC1. The minimum Gasteiger partial charge on any atom is -0.336 e. The lowest BCUT2D eigenvalue weighted by Gasteiger charge is -2.11. The van der Waals surface area contributed by atoms with Crippen molar-refractivity contribution < 1.29 is 18.0 Å². The molecular formula is C14H13ClF3N5OS. The molecule has 134 valence electrons. The van der Waals surface area contributed by atoms with Crippen LogP contribution in [0.4, 0.5) is 18.9 Å². The van der Waals surface area contributed by atoms with E-state index < -0.39 is 17.6 Å². The van der Waals surface area contributed by atoms with E-state index in [0.717, 1.165) is 42.8 Å². The molecule has 6 nitrogen and oxygen atoms in total. The molecule has 3 N–H and O–H groups in total. The van der Waals surface area contributed by atoms with Gasteiger partial charge in [-0.15, -0.1) is 10.2 Å². The van der Waals surface area contributed by atoms with Gasteiger partial charge in [0.25, 0.3) is 0 Å². The number of halogens is 4. The molecule has 0 spiro atoms. The third-order valence-corrected chi connectivity index (χ3v) is 4.81. The smallest absolute Gasteiger partial charge is 0.336 e. The number of thioether (sulfide) groups is 1. The standard InChI is InChI=1S/C14H13ClF3N5OS/c15-9-4-3-8(14(16,17)18)5-10(9)20-11(24)6-25-13-22-21-12(23(13)19)7-1-2-7/h3-5,7H,1-2,6,19H2,(H,20,24). The van der Waals surface area contributed by atoms with Crippen molar-refractivity contribution in [3.05, 3.63) is 34.6 Å². The molecule has 1 aliphatic rings. The van der Waals surface area contributed by atoms with Crippen molar-refractivity contribution in [1.82, 2.24) is 14.9 Å². The molecule has 1 fully saturated rings. The summed E-state index contributed by atoms with van der Waals surface area (Å²) < 4.78 is 39.5. The zero-order valence-corrected chi connectivity index (χ0v) is 14.3. The van der Waals surface area contributed by atoms with Gasteiger partial charge >= 0.3 is 6.18 Å². The van der Waals surface area contributed by atoms with Crippen LogP contribution in [0.5, 0.6) is 0 Å². The molecule has 0 radical (unpaired) electrons. The van der Waals surface area contributed by atoms with E-state index in [1.165, 1.54) is 4.68 Å². The monoisotopic (exact) mass is 391 g/mol. The van der Waals surface area contributed by atoms with Gasteiger partial charge in [-0.3, -0.25) is 4.79 Å². The van der Waals surface area contributed by atoms with Crippen LogP contribution in [0.15, 0.2) is 23.4 Å². The number of carbonyl (C=O) groups is 1.